The van der Waals surface area contributed by atoms with E-state index in [0.29, 0.717) is 6.90 Å². The lowest BCUT2D eigenvalue weighted by Gasteiger charge is -2.05. The molecular formula is C16H15N. The molecule has 0 saturated heterocycles. The van der Waals surface area contributed by atoms with Crippen LogP contribution in [0.15, 0.2) is 60.8 Å². The van der Waals surface area contributed by atoms with Gasteiger partial charge in [-0.2, -0.15) is 0 Å². The van der Waals surface area contributed by atoms with E-state index >= 15 is 0 Å². The van der Waals surface area contributed by atoms with E-state index in [1.165, 1.54) is 16.5 Å². The number of hydrogen-bond acceptors (Lipinski definition) is 0. The molecule has 0 aliphatic rings. The normalized spacial score (nSPS) is 11.6. The number of rotatable bonds is 2. The highest BCUT2D eigenvalue weighted by Crippen LogP contribution is 2.21. The first-order valence-electron chi connectivity index (χ1n) is 6.49. The summed E-state index contributed by atoms with van der Waals surface area (Å²) in [5.74, 6) is 0. The number of nitrogens with zero attached hydrogens (tertiary/aromatic N) is 1. The fourth-order valence-corrected chi connectivity index (χ4v) is 2.23. The lowest BCUT2D eigenvalue weighted by molar-refractivity contribution is 0.834. The Morgan fingerprint density at radius 3 is 2.59 bits per heavy atom. The highest BCUT2D eigenvalue weighted by Gasteiger charge is 2.04. The maximum Gasteiger partial charge on any atom is 0.0486 e. The first kappa shape index (κ1) is 9.06. The molecule has 3 rings (SSSR count). The zero-order valence-corrected chi connectivity index (χ0v) is 9.63. The Labute approximate surface area is 103 Å². The van der Waals surface area contributed by atoms with Gasteiger partial charge in [-0.1, -0.05) is 48.5 Å². The second-order valence-electron chi connectivity index (χ2n) is 4.28. The third kappa shape index (κ3) is 1.84. The Balaban J connectivity index is 2.07. The van der Waals surface area contributed by atoms with E-state index in [1.54, 1.807) is 0 Å². The minimum Gasteiger partial charge on any atom is -0.343 e. The zero-order valence-electron chi connectivity index (χ0n) is 10.6. The first-order valence-corrected chi connectivity index (χ1v) is 5.78. The summed E-state index contributed by atoms with van der Waals surface area (Å²) in [5.41, 5.74) is 3.60. The standard InChI is InChI=1S/C16H15N/c1-13-11-17(12-14-7-3-2-4-8-14)16-10-6-5-9-15(13)16/h2-11H,12H2,1H3/i1D. The number of fused-ring (bicyclic) bond motifs is 1. The molecule has 3 aromatic rings. The van der Waals surface area contributed by atoms with Gasteiger partial charge in [0, 0.05) is 25.0 Å². The third-order valence-electron chi connectivity index (χ3n) is 3.07. The molecule has 0 aliphatic carbocycles. The van der Waals surface area contributed by atoms with Crippen LogP contribution < -0.4 is 0 Å². The molecule has 1 heterocycles. The van der Waals surface area contributed by atoms with Gasteiger partial charge >= 0.3 is 0 Å². The first-order chi connectivity index (χ1) is 8.88. The van der Waals surface area contributed by atoms with Crippen molar-refractivity contribution in [3.05, 3.63) is 71.9 Å². The van der Waals surface area contributed by atoms with Gasteiger partial charge in [-0.25, -0.2) is 0 Å². The second kappa shape index (κ2) is 4.10. The molecule has 0 fully saturated rings. The molecule has 0 N–H and O–H groups in total. The number of aromatic nitrogens is 1. The SMILES string of the molecule is [2H]Cc1cn(Cc2ccccc2)c2ccccc12. The Hall–Kier alpha value is -2.02. The number of hydrogen-bond donors (Lipinski definition) is 0. The van der Waals surface area contributed by atoms with Crippen LogP contribution in [0.4, 0.5) is 0 Å². The predicted molar refractivity (Wildman–Crippen MR) is 72.2 cm³/mol. The average molecular weight is 222 g/mol. The molecule has 0 unspecified atom stereocenters. The van der Waals surface area contributed by atoms with Crippen molar-refractivity contribution in [1.82, 2.24) is 4.57 Å². The highest BCUT2D eigenvalue weighted by molar-refractivity contribution is 5.83. The van der Waals surface area contributed by atoms with Crippen molar-refractivity contribution >= 4 is 10.9 Å². The molecule has 1 aromatic heterocycles. The van der Waals surface area contributed by atoms with Crippen LogP contribution in [-0.2, 0) is 6.54 Å². The molecular weight excluding hydrogens is 206 g/mol. The summed E-state index contributed by atoms with van der Waals surface area (Å²) in [4.78, 5) is 0. The summed E-state index contributed by atoms with van der Waals surface area (Å²) in [7, 11) is 0. The maximum absolute atomic E-state index is 7.61. The monoisotopic (exact) mass is 222 g/mol. The lowest BCUT2D eigenvalue weighted by atomic mass is 10.2. The Morgan fingerprint density at radius 1 is 1.00 bits per heavy atom. The van der Waals surface area contributed by atoms with Gasteiger partial charge in [0.25, 0.3) is 0 Å². The van der Waals surface area contributed by atoms with E-state index in [1.807, 2.05) is 12.1 Å². The Bertz CT molecular complexity index is 655. The van der Waals surface area contributed by atoms with Crippen LogP contribution in [-0.4, -0.2) is 4.57 Å². The van der Waals surface area contributed by atoms with Gasteiger partial charge in [0.1, 0.15) is 0 Å². The highest BCUT2D eigenvalue weighted by atomic mass is 15.0. The van der Waals surface area contributed by atoms with Gasteiger partial charge in [-0.3, -0.25) is 0 Å². The van der Waals surface area contributed by atoms with E-state index < -0.39 is 0 Å². The van der Waals surface area contributed by atoms with E-state index in [-0.39, 0.29) is 0 Å². The van der Waals surface area contributed by atoms with E-state index in [4.69, 9.17) is 1.37 Å². The topological polar surface area (TPSA) is 4.93 Å². The van der Waals surface area contributed by atoms with E-state index in [2.05, 4.69) is 53.2 Å². The van der Waals surface area contributed by atoms with Crippen molar-refractivity contribution < 1.29 is 1.37 Å². The Morgan fingerprint density at radius 2 is 1.76 bits per heavy atom. The minimum atomic E-state index is 0.336. The van der Waals surface area contributed by atoms with Crippen molar-refractivity contribution in [2.24, 2.45) is 0 Å². The van der Waals surface area contributed by atoms with Gasteiger partial charge < -0.3 is 4.57 Å². The number of benzene rings is 2. The maximum atomic E-state index is 7.61. The van der Waals surface area contributed by atoms with Gasteiger partial charge in [0.2, 0.25) is 0 Å². The summed E-state index contributed by atoms with van der Waals surface area (Å²) in [6.45, 7) is 1.20. The molecule has 0 radical (unpaired) electrons. The van der Waals surface area contributed by atoms with E-state index in [0.717, 1.165) is 12.1 Å². The summed E-state index contributed by atoms with van der Waals surface area (Å²) >= 11 is 0. The fourth-order valence-electron chi connectivity index (χ4n) is 2.23. The van der Waals surface area contributed by atoms with Gasteiger partial charge in [0.05, 0.1) is 0 Å². The van der Waals surface area contributed by atoms with Crippen LogP contribution in [0, 0.1) is 6.90 Å². The molecule has 0 bridgehead atoms. The molecule has 2 aromatic carbocycles. The van der Waals surface area contributed by atoms with Crippen LogP contribution in [0.25, 0.3) is 10.9 Å². The van der Waals surface area contributed by atoms with Crippen molar-refractivity contribution in [3.63, 3.8) is 0 Å². The van der Waals surface area contributed by atoms with Crippen LogP contribution in [0.3, 0.4) is 0 Å². The van der Waals surface area contributed by atoms with Crippen molar-refractivity contribution in [2.75, 3.05) is 0 Å². The van der Waals surface area contributed by atoms with Crippen molar-refractivity contribution in [1.29, 1.82) is 0 Å². The van der Waals surface area contributed by atoms with E-state index in [9.17, 15) is 0 Å². The molecule has 0 atom stereocenters. The number of aryl methyl sites for hydroxylation is 1. The zero-order chi connectivity index (χ0) is 12.4. The lowest BCUT2D eigenvalue weighted by Crippen LogP contribution is -1.97. The summed E-state index contributed by atoms with van der Waals surface area (Å²) in [6, 6.07) is 18.7. The van der Waals surface area contributed by atoms with Crippen LogP contribution in [0.1, 0.15) is 12.5 Å². The summed E-state index contributed by atoms with van der Waals surface area (Å²) in [6.07, 6.45) is 2.10. The van der Waals surface area contributed by atoms with Gasteiger partial charge in [-0.05, 0) is 24.1 Å². The van der Waals surface area contributed by atoms with Crippen molar-refractivity contribution in [2.45, 2.75) is 13.4 Å². The quantitative estimate of drug-likeness (QED) is 0.617. The smallest absolute Gasteiger partial charge is 0.0486 e. The van der Waals surface area contributed by atoms with Gasteiger partial charge in [0.15, 0.2) is 0 Å². The summed E-state index contributed by atoms with van der Waals surface area (Å²) in [5, 5.41) is 1.20. The Kier molecular flexibility index (Phi) is 2.18. The van der Waals surface area contributed by atoms with Crippen molar-refractivity contribution in [3.8, 4) is 0 Å². The largest absolute Gasteiger partial charge is 0.343 e. The molecule has 84 valence electrons. The summed E-state index contributed by atoms with van der Waals surface area (Å²) < 4.78 is 9.84. The molecule has 0 saturated carbocycles. The van der Waals surface area contributed by atoms with Crippen LogP contribution in [0.2, 0.25) is 0 Å². The minimum absolute atomic E-state index is 0.336. The van der Waals surface area contributed by atoms with Gasteiger partial charge in [-0.15, -0.1) is 0 Å². The molecule has 17 heavy (non-hydrogen) atoms. The molecule has 0 aliphatic heterocycles. The molecule has 1 nitrogen and oxygen atoms in total. The third-order valence-corrected chi connectivity index (χ3v) is 3.07. The molecule has 1 heteroatoms. The molecule has 0 spiro atoms. The second-order valence-corrected chi connectivity index (χ2v) is 4.28. The van der Waals surface area contributed by atoms with Crippen LogP contribution in [0.5, 0.6) is 0 Å². The number of para-hydroxylation sites is 1. The van der Waals surface area contributed by atoms with Crippen LogP contribution >= 0.6 is 0 Å². The molecule has 0 amide bonds. The fraction of sp³-hybridized carbons (Fsp3) is 0.125. The predicted octanol–water partition coefficient (Wildman–Crippen LogP) is 4.00. The average Bonchev–Trinajstić information content (AvgIpc) is 2.78.